The number of carbonyl (C=O) groups excluding carboxylic acids is 3. The Morgan fingerprint density at radius 2 is 1.94 bits per heavy atom. The summed E-state index contributed by atoms with van der Waals surface area (Å²) >= 11 is 0.738. The standard InChI is InChI=1S/C21H18N2O7S/c1-12-6-4-5-7-15(12)11-22-20(25)17(31-21(22)26)10-14-8-9-16(30-13(2)24)18(23(27)28)19(14)29-3/h4-10H,11H2,1-3H3/b17-10-. The molecule has 0 aliphatic carbocycles. The zero-order valence-electron chi connectivity index (χ0n) is 16.9. The van der Waals surface area contributed by atoms with E-state index in [0.29, 0.717) is 0 Å². The summed E-state index contributed by atoms with van der Waals surface area (Å²) in [5.41, 5.74) is 1.44. The molecule has 2 amide bonds. The summed E-state index contributed by atoms with van der Waals surface area (Å²) in [6.45, 7) is 3.13. The number of imide groups is 1. The second-order valence-electron chi connectivity index (χ2n) is 6.58. The van der Waals surface area contributed by atoms with Crippen LogP contribution >= 0.6 is 11.8 Å². The molecular formula is C21H18N2O7S. The number of esters is 1. The number of nitro groups is 1. The number of nitrogens with zero attached hydrogens (tertiary/aromatic N) is 2. The van der Waals surface area contributed by atoms with Crippen LogP contribution in [0, 0.1) is 17.0 Å². The van der Waals surface area contributed by atoms with Gasteiger partial charge in [0.25, 0.3) is 11.1 Å². The zero-order valence-corrected chi connectivity index (χ0v) is 17.7. The van der Waals surface area contributed by atoms with Gasteiger partial charge in [-0.2, -0.15) is 0 Å². The van der Waals surface area contributed by atoms with Gasteiger partial charge < -0.3 is 9.47 Å². The molecule has 1 aliphatic rings. The number of thioether (sulfide) groups is 1. The third-order valence-corrected chi connectivity index (χ3v) is 5.42. The minimum atomic E-state index is -0.738. The largest absolute Gasteiger partial charge is 0.490 e. The molecule has 31 heavy (non-hydrogen) atoms. The van der Waals surface area contributed by atoms with Crippen molar-refractivity contribution < 1.29 is 28.8 Å². The molecule has 1 saturated heterocycles. The van der Waals surface area contributed by atoms with Crippen molar-refractivity contribution in [1.82, 2.24) is 4.90 Å². The van der Waals surface area contributed by atoms with Crippen LogP contribution in [0.5, 0.6) is 11.5 Å². The van der Waals surface area contributed by atoms with Crippen molar-refractivity contribution in [1.29, 1.82) is 0 Å². The number of amides is 2. The fourth-order valence-electron chi connectivity index (χ4n) is 3.04. The first kappa shape index (κ1) is 22.0. The molecule has 0 unspecified atom stereocenters. The van der Waals surface area contributed by atoms with Crippen LogP contribution in [0.1, 0.15) is 23.6 Å². The number of methoxy groups -OCH3 is 1. The number of ether oxygens (including phenoxy) is 2. The van der Waals surface area contributed by atoms with Gasteiger partial charge in [0, 0.05) is 12.5 Å². The van der Waals surface area contributed by atoms with Crippen LogP contribution in [0.15, 0.2) is 41.3 Å². The normalized spacial score (nSPS) is 14.8. The Morgan fingerprint density at radius 3 is 2.55 bits per heavy atom. The van der Waals surface area contributed by atoms with Gasteiger partial charge >= 0.3 is 11.7 Å². The molecule has 9 nitrogen and oxygen atoms in total. The van der Waals surface area contributed by atoms with Crippen LogP contribution in [-0.2, 0) is 16.1 Å². The van der Waals surface area contributed by atoms with E-state index < -0.39 is 27.7 Å². The fourth-order valence-corrected chi connectivity index (χ4v) is 3.87. The molecule has 0 saturated carbocycles. The summed E-state index contributed by atoms with van der Waals surface area (Å²) in [6.07, 6.45) is 1.35. The maximum Gasteiger partial charge on any atom is 0.353 e. The summed E-state index contributed by atoms with van der Waals surface area (Å²) < 4.78 is 10.1. The van der Waals surface area contributed by atoms with E-state index in [1.165, 1.54) is 25.3 Å². The van der Waals surface area contributed by atoms with Gasteiger partial charge in [0.15, 0.2) is 0 Å². The minimum absolute atomic E-state index is 0.103. The Kier molecular flexibility index (Phi) is 6.40. The molecular weight excluding hydrogens is 424 g/mol. The molecule has 3 rings (SSSR count). The van der Waals surface area contributed by atoms with Crippen LogP contribution in [0.25, 0.3) is 6.08 Å². The second-order valence-corrected chi connectivity index (χ2v) is 7.57. The van der Waals surface area contributed by atoms with Gasteiger partial charge in [0.2, 0.25) is 11.5 Å². The highest BCUT2D eigenvalue weighted by molar-refractivity contribution is 8.18. The van der Waals surface area contributed by atoms with Gasteiger partial charge in [-0.05, 0) is 48.0 Å². The van der Waals surface area contributed by atoms with Gasteiger partial charge in [0.1, 0.15) is 0 Å². The number of rotatable bonds is 6. The molecule has 2 aromatic carbocycles. The first-order chi connectivity index (χ1) is 14.7. The summed E-state index contributed by atoms with van der Waals surface area (Å²) in [7, 11) is 1.22. The van der Waals surface area contributed by atoms with Crippen LogP contribution in [0.2, 0.25) is 0 Å². The third kappa shape index (κ3) is 4.58. The quantitative estimate of drug-likeness (QED) is 0.216. The van der Waals surface area contributed by atoms with Crippen molar-refractivity contribution in [2.24, 2.45) is 0 Å². The van der Waals surface area contributed by atoms with Crippen molar-refractivity contribution >= 4 is 40.6 Å². The highest BCUT2D eigenvalue weighted by atomic mass is 32.2. The molecule has 1 fully saturated rings. The van der Waals surface area contributed by atoms with Crippen molar-refractivity contribution in [3.8, 4) is 11.5 Å². The molecule has 10 heteroatoms. The van der Waals surface area contributed by atoms with Crippen LogP contribution in [-0.4, -0.2) is 34.0 Å². The van der Waals surface area contributed by atoms with E-state index in [0.717, 1.165) is 34.7 Å². The molecule has 1 aliphatic heterocycles. The molecule has 0 spiro atoms. The highest BCUT2D eigenvalue weighted by Gasteiger charge is 2.36. The lowest BCUT2D eigenvalue weighted by atomic mass is 10.1. The second kappa shape index (κ2) is 9.00. The van der Waals surface area contributed by atoms with Crippen LogP contribution in [0.3, 0.4) is 0 Å². The van der Waals surface area contributed by atoms with E-state index in [1.54, 1.807) is 0 Å². The maximum atomic E-state index is 12.8. The van der Waals surface area contributed by atoms with Crippen molar-refractivity contribution in [2.45, 2.75) is 20.4 Å². The van der Waals surface area contributed by atoms with E-state index in [9.17, 15) is 24.5 Å². The van der Waals surface area contributed by atoms with E-state index in [4.69, 9.17) is 9.47 Å². The number of benzene rings is 2. The van der Waals surface area contributed by atoms with Gasteiger partial charge in [0.05, 0.1) is 23.5 Å². The highest BCUT2D eigenvalue weighted by Crippen LogP contribution is 2.42. The lowest BCUT2D eigenvalue weighted by Gasteiger charge is -2.14. The molecule has 0 radical (unpaired) electrons. The van der Waals surface area contributed by atoms with Crippen LogP contribution < -0.4 is 9.47 Å². The van der Waals surface area contributed by atoms with Crippen molar-refractivity contribution in [3.63, 3.8) is 0 Å². The predicted molar refractivity (Wildman–Crippen MR) is 114 cm³/mol. The summed E-state index contributed by atoms with van der Waals surface area (Å²) in [6, 6.07) is 10.1. The average Bonchev–Trinajstić information content (AvgIpc) is 2.97. The molecule has 2 aromatic rings. The maximum absolute atomic E-state index is 12.8. The Bertz CT molecular complexity index is 1130. The summed E-state index contributed by atoms with van der Waals surface area (Å²) in [5, 5.41) is 11.1. The topological polar surface area (TPSA) is 116 Å². The monoisotopic (exact) mass is 442 g/mol. The Balaban J connectivity index is 1.98. The zero-order chi connectivity index (χ0) is 22.7. The number of hydrogen-bond donors (Lipinski definition) is 0. The molecule has 0 atom stereocenters. The molecule has 160 valence electrons. The number of nitro benzene ring substituents is 1. The number of aryl methyl sites for hydroxylation is 1. The van der Waals surface area contributed by atoms with E-state index in [2.05, 4.69) is 0 Å². The lowest BCUT2D eigenvalue weighted by molar-refractivity contribution is -0.386. The van der Waals surface area contributed by atoms with Gasteiger partial charge in [-0.15, -0.1) is 0 Å². The van der Waals surface area contributed by atoms with Crippen LogP contribution in [0.4, 0.5) is 10.5 Å². The lowest BCUT2D eigenvalue weighted by Crippen LogP contribution is -2.27. The smallest absolute Gasteiger partial charge is 0.353 e. The molecule has 1 heterocycles. The first-order valence-corrected chi connectivity index (χ1v) is 9.88. The molecule has 0 N–H and O–H groups in total. The van der Waals surface area contributed by atoms with Gasteiger partial charge in [-0.3, -0.25) is 29.4 Å². The average molecular weight is 442 g/mol. The van der Waals surface area contributed by atoms with E-state index in [-0.39, 0.29) is 28.5 Å². The van der Waals surface area contributed by atoms with Gasteiger partial charge in [-0.1, -0.05) is 24.3 Å². The van der Waals surface area contributed by atoms with E-state index in [1.807, 2.05) is 31.2 Å². The SMILES string of the molecule is COc1c(/C=C2\SC(=O)N(Cc3ccccc3C)C2=O)ccc(OC(C)=O)c1[N+](=O)[O-]. The Hall–Kier alpha value is -3.66. The Morgan fingerprint density at radius 1 is 1.23 bits per heavy atom. The summed E-state index contributed by atoms with van der Waals surface area (Å²) in [5.74, 6) is -1.70. The Labute approximate surface area is 181 Å². The van der Waals surface area contributed by atoms with Crippen molar-refractivity contribution in [3.05, 3.63) is 68.1 Å². The van der Waals surface area contributed by atoms with Crippen molar-refractivity contribution in [2.75, 3.05) is 7.11 Å². The molecule has 0 bridgehead atoms. The number of hydrogen-bond acceptors (Lipinski definition) is 8. The molecule has 0 aromatic heterocycles. The first-order valence-electron chi connectivity index (χ1n) is 9.06. The predicted octanol–water partition coefficient (Wildman–Crippen LogP) is 4.07. The summed E-state index contributed by atoms with van der Waals surface area (Å²) in [4.78, 5) is 48.6. The number of carbonyl (C=O) groups is 3. The third-order valence-electron chi connectivity index (χ3n) is 4.52. The minimum Gasteiger partial charge on any atom is -0.490 e. The fraction of sp³-hybridized carbons (Fsp3) is 0.190. The van der Waals surface area contributed by atoms with Gasteiger partial charge in [-0.25, -0.2) is 0 Å². The van der Waals surface area contributed by atoms with E-state index >= 15 is 0 Å².